The van der Waals surface area contributed by atoms with Gasteiger partial charge in [-0.3, -0.25) is 9.59 Å². The van der Waals surface area contributed by atoms with E-state index in [4.69, 9.17) is 4.74 Å². The van der Waals surface area contributed by atoms with Crippen LogP contribution in [0.5, 0.6) is 5.75 Å². The van der Waals surface area contributed by atoms with Crippen LogP contribution < -0.4 is 4.74 Å². The van der Waals surface area contributed by atoms with Gasteiger partial charge >= 0.3 is 0 Å². The van der Waals surface area contributed by atoms with Gasteiger partial charge in [-0.2, -0.15) is 0 Å². The lowest BCUT2D eigenvalue weighted by Gasteiger charge is -2.22. The molecule has 0 N–H and O–H groups in total. The predicted octanol–water partition coefficient (Wildman–Crippen LogP) is 2.81. The Labute approximate surface area is 149 Å². The molecule has 1 saturated heterocycles. The number of hydrogen-bond donors (Lipinski definition) is 0. The average molecular weight is 344 g/mol. The van der Waals surface area contributed by atoms with E-state index in [0.717, 1.165) is 31.6 Å². The molecule has 1 heterocycles. The molecule has 1 aliphatic carbocycles. The summed E-state index contributed by atoms with van der Waals surface area (Å²) in [5, 5.41) is 0. The lowest BCUT2D eigenvalue weighted by atomic mass is 10.2. The zero-order chi connectivity index (χ0) is 17.8. The third kappa shape index (κ3) is 4.74. The largest absolute Gasteiger partial charge is 0.493 e. The van der Waals surface area contributed by atoms with Gasteiger partial charge in [0.2, 0.25) is 5.91 Å². The summed E-state index contributed by atoms with van der Waals surface area (Å²) in [4.78, 5) is 28.8. The molecule has 25 heavy (non-hydrogen) atoms. The molecule has 1 aromatic rings. The molecule has 1 aromatic carbocycles. The van der Waals surface area contributed by atoms with Crippen LogP contribution in [-0.4, -0.2) is 54.4 Å². The van der Waals surface area contributed by atoms with Gasteiger partial charge in [-0.15, -0.1) is 0 Å². The highest BCUT2D eigenvalue weighted by Crippen LogP contribution is 2.31. The van der Waals surface area contributed by atoms with Crippen molar-refractivity contribution >= 4 is 11.8 Å². The number of ether oxygens (including phenoxy) is 1. The molecule has 0 atom stereocenters. The van der Waals surface area contributed by atoms with Crippen LogP contribution in [0.4, 0.5) is 0 Å². The fourth-order valence-corrected chi connectivity index (χ4v) is 3.07. The number of amides is 2. The molecular weight excluding hydrogens is 316 g/mol. The number of carbonyl (C=O) groups is 2. The van der Waals surface area contributed by atoms with E-state index in [1.807, 2.05) is 34.1 Å². The fraction of sp³-hybridized carbons (Fsp3) is 0.600. The Morgan fingerprint density at radius 2 is 1.68 bits per heavy atom. The minimum atomic E-state index is 0.0381. The van der Waals surface area contributed by atoms with Crippen molar-refractivity contribution in [1.82, 2.24) is 9.80 Å². The summed E-state index contributed by atoms with van der Waals surface area (Å²) in [7, 11) is 0. The molecule has 0 aromatic heterocycles. The van der Waals surface area contributed by atoms with Gasteiger partial charge < -0.3 is 14.5 Å². The molecule has 1 saturated carbocycles. The topological polar surface area (TPSA) is 49.9 Å². The van der Waals surface area contributed by atoms with Crippen molar-refractivity contribution in [2.45, 2.75) is 33.1 Å². The zero-order valence-corrected chi connectivity index (χ0v) is 15.2. The summed E-state index contributed by atoms with van der Waals surface area (Å²) < 4.78 is 5.67. The van der Waals surface area contributed by atoms with E-state index in [0.29, 0.717) is 37.7 Å². The number of benzene rings is 1. The maximum atomic E-state index is 12.7. The van der Waals surface area contributed by atoms with Crippen LogP contribution in [0.1, 0.15) is 43.5 Å². The van der Waals surface area contributed by atoms with E-state index in [1.54, 1.807) is 0 Å². The van der Waals surface area contributed by atoms with Gasteiger partial charge in [0.1, 0.15) is 5.75 Å². The van der Waals surface area contributed by atoms with Crippen molar-refractivity contribution in [3.63, 3.8) is 0 Å². The minimum absolute atomic E-state index is 0.0381. The third-order valence-corrected chi connectivity index (χ3v) is 4.71. The van der Waals surface area contributed by atoms with Crippen molar-refractivity contribution in [2.75, 3.05) is 32.8 Å². The van der Waals surface area contributed by atoms with E-state index in [9.17, 15) is 9.59 Å². The van der Waals surface area contributed by atoms with Crippen molar-refractivity contribution in [1.29, 1.82) is 0 Å². The molecule has 5 heteroatoms. The zero-order valence-electron chi connectivity index (χ0n) is 15.2. The summed E-state index contributed by atoms with van der Waals surface area (Å²) >= 11 is 0. The third-order valence-electron chi connectivity index (χ3n) is 4.71. The quantitative estimate of drug-likeness (QED) is 0.825. The second-order valence-electron chi connectivity index (χ2n) is 7.47. The number of rotatable bonds is 5. The first-order valence-electron chi connectivity index (χ1n) is 9.35. The van der Waals surface area contributed by atoms with Crippen LogP contribution >= 0.6 is 0 Å². The Morgan fingerprint density at radius 3 is 2.32 bits per heavy atom. The number of carbonyl (C=O) groups excluding carboxylic acids is 2. The highest BCUT2D eigenvalue weighted by Gasteiger charge is 2.34. The van der Waals surface area contributed by atoms with Gasteiger partial charge in [0.05, 0.1) is 6.61 Å². The predicted molar refractivity (Wildman–Crippen MR) is 96.6 cm³/mol. The van der Waals surface area contributed by atoms with Crippen LogP contribution in [0.25, 0.3) is 0 Å². The van der Waals surface area contributed by atoms with Crippen LogP contribution in [0.15, 0.2) is 24.3 Å². The standard InChI is InChI=1S/C20H28N2O3/c1-15(2)14-25-18-8-6-17(7-9-18)20(24)22-11-3-10-21(12-13-22)19(23)16-4-5-16/h6-9,15-16H,3-5,10-14H2,1-2H3. The molecule has 2 aliphatic rings. The van der Waals surface area contributed by atoms with Crippen LogP contribution in [0, 0.1) is 11.8 Å². The summed E-state index contributed by atoms with van der Waals surface area (Å²) in [6, 6.07) is 7.37. The normalized spacial score (nSPS) is 18.2. The van der Waals surface area contributed by atoms with Gasteiger partial charge in [-0.25, -0.2) is 0 Å². The highest BCUT2D eigenvalue weighted by atomic mass is 16.5. The molecule has 0 unspecified atom stereocenters. The van der Waals surface area contributed by atoms with E-state index >= 15 is 0 Å². The monoisotopic (exact) mass is 344 g/mol. The molecule has 0 radical (unpaired) electrons. The molecule has 0 spiro atoms. The maximum Gasteiger partial charge on any atom is 0.253 e. The number of nitrogens with zero attached hydrogens (tertiary/aromatic N) is 2. The van der Waals surface area contributed by atoms with Gasteiger partial charge in [0.25, 0.3) is 5.91 Å². The molecule has 1 aliphatic heterocycles. The first-order chi connectivity index (χ1) is 12.0. The Morgan fingerprint density at radius 1 is 1.04 bits per heavy atom. The lowest BCUT2D eigenvalue weighted by Crippen LogP contribution is -2.37. The molecule has 0 bridgehead atoms. The lowest BCUT2D eigenvalue weighted by molar-refractivity contribution is -0.132. The first kappa shape index (κ1) is 17.8. The van der Waals surface area contributed by atoms with Crippen LogP contribution in [0.3, 0.4) is 0 Å². The Balaban J connectivity index is 1.56. The average Bonchev–Trinajstić information content (AvgIpc) is 3.45. The molecule has 2 amide bonds. The molecule has 2 fully saturated rings. The Hall–Kier alpha value is -2.04. The molecular formula is C20H28N2O3. The first-order valence-corrected chi connectivity index (χ1v) is 9.35. The van der Waals surface area contributed by atoms with Crippen LogP contribution in [0.2, 0.25) is 0 Å². The second kappa shape index (κ2) is 7.89. The van der Waals surface area contributed by atoms with Gasteiger partial charge in [-0.1, -0.05) is 13.8 Å². The highest BCUT2D eigenvalue weighted by molar-refractivity contribution is 5.94. The fourth-order valence-electron chi connectivity index (χ4n) is 3.07. The van der Waals surface area contributed by atoms with E-state index < -0.39 is 0 Å². The van der Waals surface area contributed by atoms with Crippen molar-refractivity contribution in [3.8, 4) is 5.75 Å². The molecule has 3 rings (SSSR count). The number of hydrogen-bond acceptors (Lipinski definition) is 3. The van der Waals surface area contributed by atoms with Crippen molar-refractivity contribution < 1.29 is 14.3 Å². The SMILES string of the molecule is CC(C)COc1ccc(C(=O)N2CCCN(C(=O)C3CC3)CC2)cc1. The second-order valence-corrected chi connectivity index (χ2v) is 7.47. The van der Waals surface area contributed by atoms with Crippen molar-refractivity contribution in [2.24, 2.45) is 11.8 Å². The van der Waals surface area contributed by atoms with Gasteiger partial charge in [-0.05, 0) is 49.4 Å². The maximum absolute atomic E-state index is 12.7. The Bertz CT molecular complexity index is 608. The van der Waals surface area contributed by atoms with Crippen molar-refractivity contribution in [3.05, 3.63) is 29.8 Å². The molecule has 5 nitrogen and oxygen atoms in total. The summed E-state index contributed by atoms with van der Waals surface area (Å²) in [6.45, 7) is 7.62. The smallest absolute Gasteiger partial charge is 0.253 e. The van der Waals surface area contributed by atoms with E-state index in [-0.39, 0.29) is 17.7 Å². The summed E-state index contributed by atoms with van der Waals surface area (Å²) in [5.41, 5.74) is 0.680. The molecule has 136 valence electrons. The summed E-state index contributed by atoms with van der Waals surface area (Å²) in [6.07, 6.45) is 2.91. The summed E-state index contributed by atoms with van der Waals surface area (Å²) in [5.74, 6) is 1.83. The van der Waals surface area contributed by atoms with Gasteiger partial charge in [0.15, 0.2) is 0 Å². The van der Waals surface area contributed by atoms with Gasteiger partial charge in [0, 0.05) is 37.7 Å². The minimum Gasteiger partial charge on any atom is -0.493 e. The Kier molecular flexibility index (Phi) is 5.61. The van der Waals surface area contributed by atoms with Crippen LogP contribution in [-0.2, 0) is 4.79 Å². The van der Waals surface area contributed by atoms with E-state index in [1.165, 1.54) is 0 Å². The van der Waals surface area contributed by atoms with E-state index in [2.05, 4.69) is 13.8 Å².